The standard InChI is InChI=1S/C77H126O17P2/c1-5-9-13-17-21-25-29-32-35-38-42-45-49-53-57-61-74(79)87-67-72(93-76(81)63-59-55-51-47-41-28-24-20-16-12-8-4)69-91-95(83,84)89-65-71(78)66-90-96(85,86)92-70-73(94-77(82)64-60-56-52-48-44-40-37-34-31-27-23-19-15-11-7-3)68-88-75(80)62-58-54-50-46-43-39-36-33-30-26-22-18-14-10-6-2/h9-11,13-15,21-23,25-27,32-37,42-43,45-46,53,57,71-73,78H,5-8,12,16-20,24,28-31,38-41,44,47-52,54-56,58-70H2,1-4H3,(H,83,84)(H,85,86)/b13-9-,14-10-,15-11-,25-21-,26-22-,27-23-,35-32-,36-33-,37-34-,45-42-,46-43-,57-53-. The molecule has 0 bridgehead atoms. The molecule has 5 unspecified atom stereocenters. The Morgan fingerprint density at radius 1 is 0.312 bits per heavy atom. The Balaban J connectivity index is 5.45. The fourth-order valence-electron chi connectivity index (χ4n) is 8.94. The number of allylic oxidation sites excluding steroid dienone is 23. The Morgan fingerprint density at radius 3 is 0.948 bits per heavy atom. The number of carbonyl (C=O) groups is 4. The summed E-state index contributed by atoms with van der Waals surface area (Å²) in [7, 11) is -9.99. The summed E-state index contributed by atoms with van der Waals surface area (Å²) in [5.41, 5.74) is 0. The molecule has 0 aromatic rings. The van der Waals surface area contributed by atoms with Gasteiger partial charge in [0.05, 0.1) is 32.8 Å². The fourth-order valence-corrected chi connectivity index (χ4v) is 10.5. The number of unbranched alkanes of at least 4 members (excludes halogenated alkanes) is 17. The van der Waals surface area contributed by atoms with Gasteiger partial charge >= 0.3 is 39.5 Å². The molecule has 0 rings (SSSR count). The van der Waals surface area contributed by atoms with E-state index in [1.54, 1.807) is 6.08 Å². The van der Waals surface area contributed by atoms with Crippen LogP contribution in [0.3, 0.4) is 0 Å². The largest absolute Gasteiger partial charge is 0.472 e. The second kappa shape index (κ2) is 68.5. The van der Waals surface area contributed by atoms with Gasteiger partial charge in [-0.15, -0.1) is 0 Å². The average Bonchev–Trinajstić information content (AvgIpc) is 1.11. The summed E-state index contributed by atoms with van der Waals surface area (Å²) >= 11 is 0. The third-order valence-electron chi connectivity index (χ3n) is 14.3. The molecule has 0 amide bonds. The number of ether oxygens (including phenoxy) is 4. The van der Waals surface area contributed by atoms with Gasteiger partial charge in [-0.05, 0) is 122 Å². The highest BCUT2D eigenvalue weighted by Gasteiger charge is 2.30. The molecule has 546 valence electrons. The van der Waals surface area contributed by atoms with Gasteiger partial charge in [-0.25, -0.2) is 9.13 Å². The highest BCUT2D eigenvalue weighted by Crippen LogP contribution is 2.45. The van der Waals surface area contributed by atoms with Crippen molar-refractivity contribution >= 4 is 39.5 Å². The van der Waals surface area contributed by atoms with Crippen LogP contribution in [0.25, 0.3) is 0 Å². The molecular formula is C77H126O17P2. The van der Waals surface area contributed by atoms with Crippen molar-refractivity contribution in [1.29, 1.82) is 0 Å². The molecule has 19 heteroatoms. The molecular weight excluding hydrogens is 1260 g/mol. The zero-order valence-corrected chi connectivity index (χ0v) is 61.0. The molecule has 96 heavy (non-hydrogen) atoms. The van der Waals surface area contributed by atoms with E-state index < -0.39 is 97.5 Å². The Hall–Kier alpha value is -5.06. The van der Waals surface area contributed by atoms with E-state index in [0.717, 1.165) is 141 Å². The lowest BCUT2D eigenvalue weighted by atomic mass is 10.1. The minimum Gasteiger partial charge on any atom is -0.462 e. The van der Waals surface area contributed by atoms with E-state index in [1.165, 1.54) is 38.5 Å². The van der Waals surface area contributed by atoms with Crippen LogP contribution in [-0.4, -0.2) is 96.7 Å². The Labute approximate surface area is 579 Å². The van der Waals surface area contributed by atoms with Crippen LogP contribution >= 0.6 is 15.6 Å². The maximum Gasteiger partial charge on any atom is 0.472 e. The number of phosphoric acid groups is 2. The monoisotopic (exact) mass is 1380 g/mol. The summed E-state index contributed by atoms with van der Waals surface area (Å²) in [6.07, 6.45) is 76.1. The topological polar surface area (TPSA) is 237 Å². The third-order valence-corrected chi connectivity index (χ3v) is 16.2. The van der Waals surface area contributed by atoms with Crippen LogP contribution < -0.4 is 0 Å². The van der Waals surface area contributed by atoms with E-state index in [9.17, 15) is 43.2 Å². The molecule has 0 aliphatic heterocycles. The minimum absolute atomic E-state index is 0.0600. The molecule has 0 aliphatic rings. The van der Waals surface area contributed by atoms with Crippen molar-refractivity contribution < 1.29 is 80.2 Å². The van der Waals surface area contributed by atoms with E-state index >= 15 is 0 Å². The van der Waals surface area contributed by atoms with E-state index in [-0.39, 0.29) is 25.7 Å². The van der Waals surface area contributed by atoms with Crippen LogP contribution in [0.1, 0.15) is 259 Å². The lowest BCUT2D eigenvalue weighted by Gasteiger charge is -2.21. The van der Waals surface area contributed by atoms with Crippen LogP contribution in [-0.2, 0) is 65.4 Å². The van der Waals surface area contributed by atoms with E-state index in [4.69, 9.17) is 37.0 Å². The maximum atomic E-state index is 13.0. The first kappa shape index (κ1) is 90.9. The first-order valence-corrected chi connectivity index (χ1v) is 39.1. The molecule has 17 nitrogen and oxygen atoms in total. The SMILES string of the molecule is CC/C=C\C/C=C\C/C=C\C/C=C\C/C=C\CC(=O)OCC(COP(=O)(O)OCC(O)COP(=O)(O)OCC(COC(=O)CCCC/C=C\C/C=C\C/C=C\C/C=C\CC)OC(=O)CCCCCCC/C=C\C/C=C\C/C=C\CC)OC(=O)CCCCCCCCCCCCC. The summed E-state index contributed by atoms with van der Waals surface area (Å²) in [5.74, 6) is -2.40. The van der Waals surface area contributed by atoms with Gasteiger partial charge in [0, 0.05) is 19.3 Å². The molecule has 0 spiro atoms. The Kier molecular flexibility index (Phi) is 64.9. The quantitative estimate of drug-likeness (QED) is 0.0169. The number of aliphatic hydroxyl groups excluding tert-OH is 1. The number of aliphatic hydroxyl groups is 1. The first-order valence-electron chi connectivity index (χ1n) is 36.1. The number of esters is 4. The predicted octanol–water partition coefficient (Wildman–Crippen LogP) is 20.3. The normalized spacial score (nSPS) is 14.9. The molecule has 0 aliphatic carbocycles. The molecule has 3 N–H and O–H groups in total. The van der Waals surface area contributed by atoms with Crippen molar-refractivity contribution in [3.05, 3.63) is 146 Å². The number of hydrogen-bond acceptors (Lipinski definition) is 15. The average molecular weight is 1390 g/mol. The number of rotatable bonds is 66. The number of phosphoric ester groups is 2. The van der Waals surface area contributed by atoms with Crippen molar-refractivity contribution in [3.63, 3.8) is 0 Å². The first-order chi connectivity index (χ1) is 46.7. The van der Waals surface area contributed by atoms with E-state index in [2.05, 4.69) is 149 Å². The van der Waals surface area contributed by atoms with Crippen molar-refractivity contribution in [2.24, 2.45) is 0 Å². The second-order valence-corrected chi connectivity index (χ2v) is 26.3. The van der Waals surface area contributed by atoms with Crippen molar-refractivity contribution in [2.45, 2.75) is 277 Å². The fraction of sp³-hybridized carbons (Fsp3) is 0.636. The van der Waals surface area contributed by atoms with Gasteiger partial charge in [-0.1, -0.05) is 257 Å². The van der Waals surface area contributed by atoms with Crippen molar-refractivity contribution in [3.8, 4) is 0 Å². The zero-order chi connectivity index (χ0) is 70.4. The van der Waals surface area contributed by atoms with Crippen LogP contribution in [0.5, 0.6) is 0 Å². The summed E-state index contributed by atoms with van der Waals surface area (Å²) < 4.78 is 68.1. The predicted molar refractivity (Wildman–Crippen MR) is 390 cm³/mol. The molecule has 0 aromatic heterocycles. The van der Waals surface area contributed by atoms with Gasteiger partial charge in [-0.2, -0.15) is 0 Å². The van der Waals surface area contributed by atoms with Crippen molar-refractivity contribution in [1.82, 2.24) is 0 Å². The van der Waals surface area contributed by atoms with E-state index in [1.807, 2.05) is 18.2 Å². The Morgan fingerprint density at radius 2 is 0.583 bits per heavy atom. The smallest absolute Gasteiger partial charge is 0.462 e. The molecule has 5 atom stereocenters. The molecule has 0 radical (unpaired) electrons. The molecule has 0 saturated carbocycles. The van der Waals surface area contributed by atoms with E-state index in [0.29, 0.717) is 25.7 Å². The van der Waals surface area contributed by atoms with Crippen LogP contribution in [0.4, 0.5) is 0 Å². The zero-order valence-electron chi connectivity index (χ0n) is 59.2. The number of carbonyl (C=O) groups excluding carboxylic acids is 4. The van der Waals surface area contributed by atoms with Gasteiger partial charge in [0.2, 0.25) is 0 Å². The van der Waals surface area contributed by atoms with Gasteiger partial charge in [0.15, 0.2) is 12.2 Å². The van der Waals surface area contributed by atoms with Gasteiger partial charge in [0.25, 0.3) is 0 Å². The van der Waals surface area contributed by atoms with Crippen molar-refractivity contribution in [2.75, 3.05) is 39.6 Å². The number of hydrogen-bond donors (Lipinski definition) is 3. The summed E-state index contributed by atoms with van der Waals surface area (Å²) in [4.78, 5) is 72.6. The summed E-state index contributed by atoms with van der Waals surface area (Å²) in [6, 6.07) is 0. The van der Waals surface area contributed by atoms with Gasteiger partial charge in [0.1, 0.15) is 19.3 Å². The summed E-state index contributed by atoms with van der Waals surface area (Å²) in [6.45, 7) is 4.31. The maximum absolute atomic E-state index is 13.0. The van der Waals surface area contributed by atoms with Crippen LogP contribution in [0.2, 0.25) is 0 Å². The highest BCUT2D eigenvalue weighted by atomic mass is 31.2. The molecule has 0 fully saturated rings. The highest BCUT2D eigenvalue weighted by molar-refractivity contribution is 7.47. The Bertz CT molecular complexity index is 2400. The lowest BCUT2D eigenvalue weighted by molar-refractivity contribution is -0.161. The third kappa shape index (κ3) is 67.5. The summed E-state index contributed by atoms with van der Waals surface area (Å²) in [5, 5.41) is 10.6. The van der Waals surface area contributed by atoms with Crippen LogP contribution in [0.15, 0.2) is 146 Å². The van der Waals surface area contributed by atoms with Crippen LogP contribution in [0, 0.1) is 0 Å². The van der Waals surface area contributed by atoms with Gasteiger partial charge in [-0.3, -0.25) is 37.3 Å². The molecule has 0 heterocycles. The molecule has 0 aromatic carbocycles. The lowest BCUT2D eigenvalue weighted by Crippen LogP contribution is -2.30. The second-order valence-electron chi connectivity index (χ2n) is 23.4. The minimum atomic E-state index is -4.99. The van der Waals surface area contributed by atoms with Gasteiger partial charge < -0.3 is 33.8 Å². The molecule has 0 saturated heterocycles.